The number of halogens is 2. The molecule has 2 atom stereocenters. The normalized spacial score (nSPS) is 22.7. The number of hydrogen-bond acceptors (Lipinski definition) is 4. The number of hydrogen-bond donors (Lipinski definition) is 1. The zero-order valence-electron chi connectivity index (χ0n) is 22.4. The first-order chi connectivity index (χ1) is 19.0. The lowest BCUT2D eigenvalue weighted by Gasteiger charge is -2.45. The Bertz CT molecular complexity index is 1350. The lowest BCUT2D eigenvalue weighted by molar-refractivity contribution is 0.0242. The number of rotatable bonds is 5. The van der Waals surface area contributed by atoms with Gasteiger partial charge in [-0.05, 0) is 99.1 Å². The third kappa shape index (κ3) is 5.56. The molecule has 1 aromatic heterocycles. The number of fused-ring (bicyclic) bond motifs is 2. The zero-order valence-corrected chi connectivity index (χ0v) is 23.9. The third-order valence-corrected chi connectivity index (χ3v) is 10.0. The number of nitrogens with zero attached hydrogens (tertiary/aromatic N) is 3. The summed E-state index contributed by atoms with van der Waals surface area (Å²) in [5, 5.41) is 12.4. The van der Waals surface area contributed by atoms with Crippen LogP contribution in [-0.2, 0) is 19.3 Å². The van der Waals surface area contributed by atoms with Crippen molar-refractivity contribution in [3.8, 4) is 0 Å². The monoisotopic (exact) mass is 565 g/mol. The van der Waals surface area contributed by atoms with Gasteiger partial charge in [-0.3, -0.25) is 14.7 Å². The van der Waals surface area contributed by atoms with Gasteiger partial charge in [0.2, 0.25) is 0 Å². The molecular weight excluding hydrogens is 529 g/mol. The Morgan fingerprint density at radius 3 is 2.54 bits per heavy atom. The number of amides is 1. The van der Waals surface area contributed by atoms with Crippen LogP contribution in [0.25, 0.3) is 10.9 Å². The lowest BCUT2D eigenvalue weighted by Crippen LogP contribution is -2.52. The molecule has 0 radical (unpaired) electrons. The largest absolute Gasteiger partial charge is 0.396 e. The molecule has 5 nitrogen and oxygen atoms in total. The molecule has 39 heavy (non-hydrogen) atoms. The molecule has 1 amide bonds. The van der Waals surface area contributed by atoms with E-state index in [1.165, 1.54) is 11.1 Å². The van der Waals surface area contributed by atoms with Gasteiger partial charge in [0.1, 0.15) is 0 Å². The predicted molar refractivity (Wildman–Crippen MR) is 158 cm³/mol. The van der Waals surface area contributed by atoms with Gasteiger partial charge >= 0.3 is 0 Å². The van der Waals surface area contributed by atoms with Gasteiger partial charge in [-0.25, -0.2) is 0 Å². The fourth-order valence-electron chi connectivity index (χ4n) is 7.09. The van der Waals surface area contributed by atoms with Crippen LogP contribution in [0.1, 0.15) is 59.3 Å². The molecule has 0 bridgehead atoms. The summed E-state index contributed by atoms with van der Waals surface area (Å²) in [4.78, 5) is 23.5. The standard InChI is InChI=1S/C32H37Cl2N3O2/c33-27-10-9-21(18-28(27)34)17-22-11-14-37(19-23(22)20-38)24-12-15-36(16-13-24)32(39)31-25-5-1-3-7-29(25)35-30-8-4-2-6-26(30)31/h1,3,5,7,9-10,18,22-24,38H,2,4,6,8,11-17,19-20H2/t22?,23-/m0/s1. The number of likely N-dealkylation sites (tertiary alicyclic amines) is 2. The molecule has 1 aliphatic carbocycles. The summed E-state index contributed by atoms with van der Waals surface area (Å²) in [7, 11) is 0. The molecule has 3 aromatic rings. The third-order valence-electron chi connectivity index (χ3n) is 9.29. The number of aryl methyl sites for hydroxylation is 1. The van der Waals surface area contributed by atoms with Gasteiger partial charge in [-0.1, -0.05) is 47.5 Å². The van der Waals surface area contributed by atoms with Gasteiger partial charge in [0.25, 0.3) is 5.91 Å². The van der Waals surface area contributed by atoms with E-state index < -0.39 is 0 Å². The van der Waals surface area contributed by atoms with Crippen LogP contribution < -0.4 is 0 Å². The minimum absolute atomic E-state index is 0.179. The molecule has 3 heterocycles. The molecule has 3 aliphatic rings. The summed E-state index contributed by atoms with van der Waals surface area (Å²) < 4.78 is 0. The molecule has 6 rings (SSSR count). The first-order valence-corrected chi connectivity index (χ1v) is 15.3. The molecule has 1 N–H and O–H groups in total. The molecule has 2 fully saturated rings. The average Bonchev–Trinajstić information content (AvgIpc) is 2.97. The number of aromatic nitrogens is 1. The summed E-state index contributed by atoms with van der Waals surface area (Å²) in [6.07, 6.45) is 8.12. The van der Waals surface area contributed by atoms with Gasteiger partial charge in [0, 0.05) is 43.4 Å². The van der Waals surface area contributed by atoms with Crippen molar-refractivity contribution in [2.45, 2.75) is 57.4 Å². The Labute approximate surface area is 241 Å². The minimum Gasteiger partial charge on any atom is -0.396 e. The fourth-order valence-corrected chi connectivity index (χ4v) is 7.42. The van der Waals surface area contributed by atoms with Crippen molar-refractivity contribution < 1.29 is 9.90 Å². The Balaban J connectivity index is 1.11. The first kappa shape index (κ1) is 27.0. The SMILES string of the molecule is O=C(c1c2c(nc3ccccc13)CCCC2)N1CCC(N2CCC(Cc3ccc(Cl)c(Cl)c3)[C@H](CO)C2)CC1. The van der Waals surface area contributed by atoms with Crippen LogP contribution >= 0.6 is 23.2 Å². The van der Waals surface area contributed by atoms with Crippen molar-refractivity contribution >= 4 is 40.0 Å². The highest BCUT2D eigenvalue weighted by Crippen LogP contribution is 2.34. The first-order valence-electron chi connectivity index (χ1n) is 14.5. The summed E-state index contributed by atoms with van der Waals surface area (Å²) in [6, 6.07) is 14.5. The van der Waals surface area contributed by atoms with Gasteiger partial charge in [0.05, 0.1) is 21.1 Å². The van der Waals surface area contributed by atoms with Gasteiger partial charge in [-0.15, -0.1) is 0 Å². The summed E-state index contributed by atoms with van der Waals surface area (Å²) in [5.74, 6) is 0.845. The highest BCUT2D eigenvalue weighted by Gasteiger charge is 2.35. The number of aliphatic hydroxyl groups excluding tert-OH is 1. The van der Waals surface area contributed by atoms with Crippen LogP contribution in [0.15, 0.2) is 42.5 Å². The van der Waals surface area contributed by atoms with E-state index in [0.717, 1.165) is 99.7 Å². The van der Waals surface area contributed by atoms with Crippen LogP contribution in [0.4, 0.5) is 0 Å². The molecule has 0 spiro atoms. The van der Waals surface area contributed by atoms with Crippen molar-refractivity contribution in [2.75, 3.05) is 32.8 Å². The molecule has 2 saturated heterocycles. The summed E-state index contributed by atoms with van der Waals surface area (Å²) >= 11 is 12.3. The smallest absolute Gasteiger partial charge is 0.254 e. The maximum absolute atomic E-state index is 14.0. The van der Waals surface area contributed by atoms with E-state index in [4.69, 9.17) is 28.2 Å². The number of piperidine rings is 2. The van der Waals surface area contributed by atoms with E-state index in [1.807, 2.05) is 36.4 Å². The number of carbonyl (C=O) groups is 1. The molecule has 7 heteroatoms. The molecule has 0 saturated carbocycles. The number of pyridine rings is 1. The highest BCUT2D eigenvalue weighted by atomic mass is 35.5. The summed E-state index contributed by atoms with van der Waals surface area (Å²) in [6.45, 7) is 3.69. The van der Waals surface area contributed by atoms with E-state index in [2.05, 4.69) is 15.9 Å². The van der Waals surface area contributed by atoms with Crippen molar-refractivity contribution in [3.63, 3.8) is 0 Å². The Kier molecular flexibility index (Phi) is 8.13. The fraction of sp³-hybridized carbons (Fsp3) is 0.500. The molecular formula is C32H37Cl2N3O2. The average molecular weight is 567 g/mol. The van der Waals surface area contributed by atoms with E-state index in [0.29, 0.717) is 22.0 Å². The van der Waals surface area contributed by atoms with E-state index in [-0.39, 0.29) is 18.4 Å². The number of aliphatic hydroxyl groups is 1. The summed E-state index contributed by atoms with van der Waals surface area (Å²) in [5.41, 5.74) is 5.32. The molecule has 2 aliphatic heterocycles. The lowest BCUT2D eigenvalue weighted by atomic mass is 9.80. The van der Waals surface area contributed by atoms with E-state index >= 15 is 0 Å². The van der Waals surface area contributed by atoms with E-state index in [9.17, 15) is 9.90 Å². The Morgan fingerprint density at radius 2 is 1.74 bits per heavy atom. The second-order valence-electron chi connectivity index (χ2n) is 11.6. The van der Waals surface area contributed by atoms with Crippen LogP contribution in [0, 0.1) is 11.8 Å². The van der Waals surface area contributed by atoms with Crippen molar-refractivity contribution in [1.82, 2.24) is 14.8 Å². The second-order valence-corrected chi connectivity index (χ2v) is 12.4. The molecule has 1 unspecified atom stereocenters. The Morgan fingerprint density at radius 1 is 0.949 bits per heavy atom. The molecule has 206 valence electrons. The maximum atomic E-state index is 14.0. The van der Waals surface area contributed by atoms with Crippen molar-refractivity contribution in [3.05, 3.63) is 74.9 Å². The van der Waals surface area contributed by atoms with Crippen LogP contribution in [-0.4, -0.2) is 64.6 Å². The van der Waals surface area contributed by atoms with Gasteiger partial charge < -0.3 is 10.0 Å². The number of carbonyl (C=O) groups excluding carboxylic acids is 1. The predicted octanol–water partition coefficient (Wildman–Crippen LogP) is 6.20. The van der Waals surface area contributed by atoms with E-state index in [1.54, 1.807) is 0 Å². The van der Waals surface area contributed by atoms with Gasteiger partial charge in [-0.2, -0.15) is 0 Å². The maximum Gasteiger partial charge on any atom is 0.254 e. The topological polar surface area (TPSA) is 56.7 Å². The van der Waals surface area contributed by atoms with Crippen LogP contribution in [0.3, 0.4) is 0 Å². The minimum atomic E-state index is 0.179. The number of benzene rings is 2. The van der Waals surface area contributed by atoms with Crippen LogP contribution in [0.2, 0.25) is 10.0 Å². The van der Waals surface area contributed by atoms with Crippen molar-refractivity contribution in [1.29, 1.82) is 0 Å². The Hall–Kier alpha value is -2.18. The number of para-hydroxylation sites is 1. The van der Waals surface area contributed by atoms with Gasteiger partial charge in [0.15, 0.2) is 0 Å². The van der Waals surface area contributed by atoms with Crippen LogP contribution in [0.5, 0.6) is 0 Å². The zero-order chi connectivity index (χ0) is 26.9. The highest BCUT2D eigenvalue weighted by molar-refractivity contribution is 6.42. The molecule has 2 aromatic carbocycles. The second kappa shape index (κ2) is 11.7. The quantitative estimate of drug-likeness (QED) is 0.400. The van der Waals surface area contributed by atoms with Crippen molar-refractivity contribution in [2.24, 2.45) is 11.8 Å².